The van der Waals surface area contributed by atoms with Crippen molar-refractivity contribution in [1.29, 1.82) is 0 Å². The van der Waals surface area contributed by atoms with Crippen LogP contribution in [0.1, 0.15) is 73.4 Å². The van der Waals surface area contributed by atoms with Crippen molar-refractivity contribution in [2.24, 2.45) is 5.73 Å². The first-order chi connectivity index (χ1) is 16.8. The summed E-state index contributed by atoms with van der Waals surface area (Å²) in [6.07, 6.45) is 5.70. The Hall–Kier alpha value is -3.95. The molecular weight excluding hydrogens is 448 g/mol. The summed E-state index contributed by atoms with van der Waals surface area (Å²) >= 11 is 0. The number of hydrogen-bond donors (Lipinski definition) is 3. The van der Waals surface area contributed by atoms with Crippen LogP contribution in [0.15, 0.2) is 47.3 Å². The number of carbonyl (C=O) groups is 3. The van der Waals surface area contributed by atoms with Gasteiger partial charge in [-0.2, -0.15) is 0 Å². The number of aromatic amines is 1. The maximum Gasteiger partial charge on any atom is 0.271 e. The van der Waals surface area contributed by atoms with Gasteiger partial charge in [0.2, 0.25) is 11.8 Å². The number of primary amides is 1. The molecule has 4 rings (SSSR count). The van der Waals surface area contributed by atoms with Gasteiger partial charge in [0.1, 0.15) is 12.1 Å². The lowest BCUT2D eigenvalue weighted by molar-refractivity contribution is -0.137. The van der Waals surface area contributed by atoms with Crippen LogP contribution in [-0.4, -0.2) is 50.3 Å². The number of piperidine rings is 1. The van der Waals surface area contributed by atoms with E-state index in [0.717, 1.165) is 30.5 Å². The van der Waals surface area contributed by atoms with Gasteiger partial charge < -0.3 is 25.5 Å². The molecule has 35 heavy (non-hydrogen) atoms. The summed E-state index contributed by atoms with van der Waals surface area (Å²) in [6, 6.07) is 9.32. The van der Waals surface area contributed by atoms with Crippen LogP contribution in [-0.2, 0) is 9.59 Å². The van der Waals surface area contributed by atoms with Gasteiger partial charge >= 0.3 is 0 Å². The number of H-pyrrole nitrogens is 1. The smallest absolute Gasteiger partial charge is 0.271 e. The van der Waals surface area contributed by atoms with Crippen LogP contribution in [0.25, 0.3) is 11.3 Å². The van der Waals surface area contributed by atoms with Gasteiger partial charge in [-0.05, 0) is 38.7 Å². The molecule has 3 heterocycles. The standard InChI is InChI=1S/C25H30N6O4/c1-15-8-6-7-11-31(15)21(32)12-18(19-14-35-30-22(19)23(26)33)25(34)28-16(2)24-27-13-20(29-24)17-9-4-3-5-10-17/h3-5,9-10,13-16,18H,6-8,11-12H2,1-2H3,(H2,26,33)(H,27,29)(H,28,34)/t15-,16-,18-/m0/s1. The predicted octanol–water partition coefficient (Wildman–Crippen LogP) is 2.92. The van der Waals surface area contributed by atoms with E-state index in [1.54, 1.807) is 18.0 Å². The molecule has 4 N–H and O–H groups in total. The second-order valence-corrected chi connectivity index (χ2v) is 8.95. The molecule has 3 amide bonds. The zero-order valence-electron chi connectivity index (χ0n) is 19.9. The van der Waals surface area contributed by atoms with Crippen molar-refractivity contribution in [2.75, 3.05) is 6.54 Å². The number of nitrogens with one attached hydrogen (secondary N) is 2. The Bertz CT molecular complexity index is 1190. The second-order valence-electron chi connectivity index (χ2n) is 8.95. The highest BCUT2D eigenvalue weighted by molar-refractivity contribution is 5.96. The molecule has 0 unspecified atom stereocenters. The van der Waals surface area contributed by atoms with Gasteiger partial charge in [0.25, 0.3) is 5.91 Å². The Kier molecular flexibility index (Phi) is 7.28. The van der Waals surface area contributed by atoms with Crippen LogP contribution in [0.3, 0.4) is 0 Å². The fraction of sp³-hybridized carbons (Fsp3) is 0.400. The largest absolute Gasteiger partial charge is 0.364 e. The fourth-order valence-corrected chi connectivity index (χ4v) is 4.49. The molecule has 10 nitrogen and oxygen atoms in total. The minimum absolute atomic E-state index is 0.0940. The molecule has 3 aromatic rings. The van der Waals surface area contributed by atoms with E-state index in [2.05, 4.69) is 20.4 Å². The van der Waals surface area contributed by atoms with E-state index < -0.39 is 23.8 Å². The number of nitrogens with zero attached hydrogens (tertiary/aromatic N) is 3. The van der Waals surface area contributed by atoms with Crippen LogP contribution < -0.4 is 11.1 Å². The number of nitrogens with two attached hydrogens (primary N) is 1. The summed E-state index contributed by atoms with van der Waals surface area (Å²) in [5.74, 6) is -1.86. The van der Waals surface area contributed by atoms with Crippen molar-refractivity contribution in [3.8, 4) is 11.3 Å². The molecule has 1 aromatic carbocycles. The molecule has 1 fully saturated rings. The molecule has 0 aliphatic carbocycles. The van der Waals surface area contributed by atoms with E-state index in [1.165, 1.54) is 6.26 Å². The van der Waals surface area contributed by atoms with Crippen molar-refractivity contribution in [2.45, 2.75) is 57.5 Å². The van der Waals surface area contributed by atoms with Crippen molar-refractivity contribution in [3.63, 3.8) is 0 Å². The Labute approximate surface area is 203 Å². The third kappa shape index (κ3) is 5.42. The number of rotatable bonds is 8. The van der Waals surface area contributed by atoms with Gasteiger partial charge in [-0.1, -0.05) is 35.5 Å². The van der Waals surface area contributed by atoms with E-state index in [0.29, 0.717) is 12.4 Å². The molecule has 3 atom stereocenters. The van der Waals surface area contributed by atoms with Gasteiger partial charge in [-0.3, -0.25) is 14.4 Å². The zero-order valence-corrected chi connectivity index (χ0v) is 19.9. The topological polar surface area (TPSA) is 147 Å². The molecule has 0 spiro atoms. The monoisotopic (exact) mass is 478 g/mol. The summed E-state index contributed by atoms with van der Waals surface area (Å²) in [7, 11) is 0. The molecule has 2 aromatic heterocycles. The van der Waals surface area contributed by atoms with E-state index in [1.807, 2.05) is 37.3 Å². The molecular formula is C25H30N6O4. The predicted molar refractivity (Wildman–Crippen MR) is 128 cm³/mol. The normalized spacial score (nSPS) is 17.5. The van der Waals surface area contributed by atoms with Gasteiger partial charge in [0, 0.05) is 24.6 Å². The highest BCUT2D eigenvalue weighted by atomic mass is 16.5. The Morgan fingerprint density at radius 3 is 2.74 bits per heavy atom. The van der Waals surface area contributed by atoms with E-state index >= 15 is 0 Å². The summed E-state index contributed by atoms with van der Waals surface area (Å²) in [6.45, 7) is 4.44. The quantitative estimate of drug-likeness (QED) is 0.453. The third-order valence-electron chi connectivity index (χ3n) is 6.47. The second kappa shape index (κ2) is 10.5. The van der Waals surface area contributed by atoms with Crippen LogP contribution in [0, 0.1) is 0 Å². The van der Waals surface area contributed by atoms with Crippen LogP contribution in [0.5, 0.6) is 0 Å². The van der Waals surface area contributed by atoms with Crippen molar-refractivity contribution in [3.05, 3.63) is 59.9 Å². The maximum atomic E-state index is 13.4. The number of carbonyl (C=O) groups excluding carboxylic acids is 3. The van der Waals surface area contributed by atoms with Crippen molar-refractivity contribution in [1.82, 2.24) is 25.3 Å². The van der Waals surface area contributed by atoms with Crippen molar-refractivity contribution < 1.29 is 18.9 Å². The maximum absolute atomic E-state index is 13.4. The van der Waals surface area contributed by atoms with Crippen LogP contribution in [0.4, 0.5) is 0 Å². The molecule has 1 saturated heterocycles. The number of benzene rings is 1. The molecule has 1 aliphatic rings. The Morgan fingerprint density at radius 1 is 1.26 bits per heavy atom. The highest BCUT2D eigenvalue weighted by Crippen LogP contribution is 2.28. The molecule has 0 saturated carbocycles. The number of aromatic nitrogens is 3. The lowest BCUT2D eigenvalue weighted by atomic mass is 9.92. The SMILES string of the molecule is C[C@H](NC(=O)[C@@H](CC(=O)N1CCCC[C@@H]1C)c1conc1C(N)=O)c1ncc(-c2ccccc2)[nH]1. The third-order valence-corrected chi connectivity index (χ3v) is 6.47. The van der Waals surface area contributed by atoms with Crippen molar-refractivity contribution >= 4 is 17.7 Å². The summed E-state index contributed by atoms with van der Waals surface area (Å²) in [5.41, 5.74) is 7.28. The molecule has 10 heteroatoms. The molecule has 1 aliphatic heterocycles. The first kappa shape index (κ1) is 24.2. The lowest BCUT2D eigenvalue weighted by Crippen LogP contribution is -2.44. The highest BCUT2D eigenvalue weighted by Gasteiger charge is 2.34. The lowest BCUT2D eigenvalue weighted by Gasteiger charge is -2.34. The first-order valence-corrected chi connectivity index (χ1v) is 11.8. The van der Waals surface area contributed by atoms with Crippen LogP contribution >= 0.6 is 0 Å². The van der Waals surface area contributed by atoms with Gasteiger partial charge in [-0.25, -0.2) is 4.98 Å². The molecule has 0 radical (unpaired) electrons. The minimum Gasteiger partial charge on any atom is -0.364 e. The Balaban J connectivity index is 1.54. The molecule has 184 valence electrons. The summed E-state index contributed by atoms with van der Waals surface area (Å²) in [5, 5.41) is 6.57. The first-order valence-electron chi connectivity index (χ1n) is 11.8. The number of amides is 3. The summed E-state index contributed by atoms with van der Waals surface area (Å²) < 4.78 is 4.95. The van der Waals surface area contributed by atoms with Crippen LogP contribution in [0.2, 0.25) is 0 Å². The molecule has 0 bridgehead atoms. The van der Waals surface area contributed by atoms with Gasteiger partial charge in [0.15, 0.2) is 5.69 Å². The summed E-state index contributed by atoms with van der Waals surface area (Å²) in [4.78, 5) is 47.9. The van der Waals surface area contributed by atoms with E-state index in [9.17, 15) is 14.4 Å². The van der Waals surface area contributed by atoms with E-state index in [-0.39, 0.29) is 29.6 Å². The fourth-order valence-electron chi connectivity index (χ4n) is 4.49. The minimum atomic E-state index is -0.989. The van der Waals surface area contributed by atoms with Gasteiger partial charge in [-0.15, -0.1) is 0 Å². The van der Waals surface area contributed by atoms with Gasteiger partial charge in [0.05, 0.1) is 23.9 Å². The Morgan fingerprint density at radius 2 is 2.03 bits per heavy atom. The average Bonchev–Trinajstić information content (AvgIpc) is 3.53. The zero-order chi connectivity index (χ0) is 24.9. The number of imidazole rings is 1. The average molecular weight is 479 g/mol. The number of likely N-dealkylation sites (tertiary alicyclic amines) is 1. The number of hydrogen-bond acceptors (Lipinski definition) is 6. The van der Waals surface area contributed by atoms with E-state index in [4.69, 9.17) is 10.3 Å².